The summed E-state index contributed by atoms with van der Waals surface area (Å²) < 4.78 is 3.03. The Morgan fingerprint density at radius 3 is 0.929 bits per heavy atom. The van der Waals surface area contributed by atoms with Crippen LogP contribution in [0, 0.1) is 0 Å². The van der Waals surface area contributed by atoms with Crippen LogP contribution in [-0.2, 0) is 52.2 Å². The van der Waals surface area contributed by atoms with Gasteiger partial charge in [0, 0.05) is 0 Å². The van der Waals surface area contributed by atoms with E-state index in [0.717, 1.165) is 52.2 Å². The molecule has 0 spiro atoms. The number of rotatable bonds is 0. The van der Waals surface area contributed by atoms with Crippen LogP contribution in [-0.4, -0.2) is 0 Å². The molecule has 0 unspecified atom stereocenters. The number of benzene rings is 2. The van der Waals surface area contributed by atoms with E-state index in [9.17, 15) is 0 Å². The van der Waals surface area contributed by atoms with E-state index in [1.165, 1.54) is 6.14 Å². The molecule has 2 aromatic rings. The predicted molar refractivity (Wildman–Crippen MR) is 52.2 cm³/mol. The normalized spacial score (nSPS) is 8.86. The summed E-state index contributed by atoms with van der Waals surface area (Å²) in [6.45, 7) is 0. The van der Waals surface area contributed by atoms with Crippen molar-refractivity contribution in [2.75, 3.05) is 0 Å². The summed E-state index contributed by atoms with van der Waals surface area (Å²) in [6.07, 6.45) is 0. The summed E-state index contributed by atoms with van der Waals surface area (Å²) in [6, 6.07) is 21.1. The van der Waals surface area contributed by atoms with E-state index in [4.69, 9.17) is 0 Å². The van der Waals surface area contributed by atoms with Gasteiger partial charge in [0.1, 0.15) is 0 Å². The maximum atomic E-state index is 2.17. The average Bonchev–Trinajstić information content (AvgIpc) is 2.21. The van der Waals surface area contributed by atoms with Crippen LogP contribution in [0.4, 0.5) is 0 Å². The van der Waals surface area contributed by atoms with Gasteiger partial charge in [-0.1, -0.05) is 0 Å². The molecular formula is C12H10Hg2. The summed E-state index contributed by atoms with van der Waals surface area (Å²) >= 11 is 1.62. The molecule has 2 rings (SSSR count). The summed E-state index contributed by atoms with van der Waals surface area (Å²) in [7, 11) is 0. The molecule has 0 saturated heterocycles. The molecular weight excluding hydrogens is 545 g/mol. The Bertz CT molecular complexity index is 306. The molecule has 0 aliphatic carbocycles. The molecule has 0 aliphatic heterocycles. The molecule has 2 aromatic carbocycles. The van der Waals surface area contributed by atoms with Gasteiger partial charge in [0.2, 0.25) is 0 Å². The van der Waals surface area contributed by atoms with Crippen molar-refractivity contribution in [3.63, 3.8) is 0 Å². The maximum absolute atomic E-state index is 2.17. The molecule has 0 fully saturated rings. The first kappa shape index (κ1) is 12.4. The fourth-order valence-electron chi connectivity index (χ4n) is 0.956. The Hall–Kier alpha value is 0.310. The molecule has 0 bridgehead atoms. The Morgan fingerprint density at radius 2 is 0.786 bits per heavy atom. The van der Waals surface area contributed by atoms with Crippen LogP contribution in [0.2, 0.25) is 0 Å². The molecule has 0 heterocycles. The van der Waals surface area contributed by atoms with E-state index in [-0.39, 0.29) is 0 Å². The molecule has 0 nitrogen and oxygen atoms in total. The van der Waals surface area contributed by atoms with Crippen LogP contribution in [0.5, 0.6) is 0 Å². The van der Waals surface area contributed by atoms with Crippen molar-refractivity contribution < 1.29 is 52.2 Å². The second kappa shape index (κ2) is 7.58. The minimum atomic E-state index is 0.810. The second-order valence-electron chi connectivity index (χ2n) is 2.97. The first-order valence-electron chi connectivity index (χ1n) is 4.53. The van der Waals surface area contributed by atoms with E-state index < -0.39 is 0 Å². The van der Waals surface area contributed by atoms with Crippen molar-refractivity contribution in [1.29, 1.82) is 0 Å². The SMILES string of the molecule is [Hg][c]1ccccc1.[Hg][c]1ccccc1. The molecule has 62 valence electrons. The van der Waals surface area contributed by atoms with Crippen molar-refractivity contribution in [2.24, 2.45) is 0 Å². The van der Waals surface area contributed by atoms with E-state index in [1.54, 1.807) is 0 Å². The topological polar surface area (TPSA) is 0 Å². The fourth-order valence-corrected chi connectivity index (χ4v) is 3.07. The standard InChI is InChI=1S/2C6H5.2Hg/c2*1-2-4-6-5-3-1;;/h2*1-5H;;. The van der Waals surface area contributed by atoms with Crippen molar-refractivity contribution in [3.05, 3.63) is 60.7 Å². The van der Waals surface area contributed by atoms with Gasteiger partial charge < -0.3 is 0 Å². The second-order valence-corrected chi connectivity index (χ2v) is 9.32. The third-order valence-electron chi connectivity index (χ3n) is 1.69. The van der Waals surface area contributed by atoms with Crippen LogP contribution < -0.4 is 6.14 Å². The van der Waals surface area contributed by atoms with E-state index in [2.05, 4.69) is 60.7 Å². The minimum absolute atomic E-state index is 0.810. The van der Waals surface area contributed by atoms with Gasteiger partial charge in [-0.2, -0.15) is 0 Å². The predicted octanol–water partition coefficient (Wildman–Crippen LogP) is 1.72. The summed E-state index contributed by atoms with van der Waals surface area (Å²) in [5.74, 6) is 0. The van der Waals surface area contributed by atoms with Crippen LogP contribution in [0.25, 0.3) is 0 Å². The Morgan fingerprint density at radius 1 is 0.500 bits per heavy atom. The Labute approximate surface area is 118 Å². The number of hydrogen-bond donors (Lipinski definition) is 0. The Balaban J connectivity index is 0.000000140. The van der Waals surface area contributed by atoms with Crippen molar-refractivity contribution in [3.8, 4) is 0 Å². The summed E-state index contributed by atoms with van der Waals surface area (Å²) in [4.78, 5) is 0. The van der Waals surface area contributed by atoms with E-state index in [0.29, 0.717) is 0 Å². The van der Waals surface area contributed by atoms with Gasteiger partial charge in [-0.15, -0.1) is 0 Å². The van der Waals surface area contributed by atoms with Crippen LogP contribution in [0.1, 0.15) is 0 Å². The number of hydrogen-bond acceptors (Lipinski definition) is 0. The van der Waals surface area contributed by atoms with E-state index in [1.807, 2.05) is 0 Å². The zero-order valence-corrected chi connectivity index (χ0v) is 19.2. The molecule has 0 aliphatic rings. The van der Waals surface area contributed by atoms with Gasteiger partial charge in [0.25, 0.3) is 0 Å². The third-order valence-corrected chi connectivity index (χ3v) is 5.35. The fraction of sp³-hybridized carbons (Fsp3) is 0. The van der Waals surface area contributed by atoms with Gasteiger partial charge in [-0.25, -0.2) is 0 Å². The molecule has 0 N–H and O–H groups in total. The first-order valence-corrected chi connectivity index (χ1v) is 10.0. The zero-order chi connectivity index (χ0) is 10.2. The average molecular weight is 555 g/mol. The van der Waals surface area contributed by atoms with E-state index >= 15 is 0 Å². The van der Waals surface area contributed by atoms with Crippen LogP contribution in [0.15, 0.2) is 60.7 Å². The quantitative estimate of drug-likeness (QED) is 0.435. The molecule has 2 heteroatoms. The molecule has 0 atom stereocenters. The van der Waals surface area contributed by atoms with Gasteiger partial charge in [0.15, 0.2) is 0 Å². The third kappa shape index (κ3) is 5.92. The van der Waals surface area contributed by atoms with Gasteiger partial charge in [-0.3, -0.25) is 0 Å². The van der Waals surface area contributed by atoms with Crippen molar-refractivity contribution in [2.45, 2.75) is 0 Å². The molecule has 0 amide bonds. The summed E-state index contributed by atoms with van der Waals surface area (Å²) in [5, 5.41) is 0. The van der Waals surface area contributed by atoms with Crippen molar-refractivity contribution >= 4 is 6.14 Å². The molecule has 0 radical (unpaired) electrons. The van der Waals surface area contributed by atoms with Gasteiger partial charge in [0.05, 0.1) is 0 Å². The van der Waals surface area contributed by atoms with Crippen LogP contribution >= 0.6 is 0 Å². The summed E-state index contributed by atoms with van der Waals surface area (Å²) in [5.41, 5.74) is 0. The Kier molecular flexibility index (Phi) is 6.70. The van der Waals surface area contributed by atoms with Gasteiger partial charge >= 0.3 is 119 Å². The monoisotopic (exact) mass is 558 g/mol. The molecule has 0 aromatic heterocycles. The molecule has 14 heavy (non-hydrogen) atoms. The zero-order valence-electron chi connectivity index (χ0n) is 8.19. The van der Waals surface area contributed by atoms with Gasteiger partial charge in [-0.05, 0) is 0 Å². The molecule has 0 saturated carbocycles. The van der Waals surface area contributed by atoms with Crippen LogP contribution in [0.3, 0.4) is 0 Å². The van der Waals surface area contributed by atoms with Crippen molar-refractivity contribution in [1.82, 2.24) is 0 Å². The first-order chi connectivity index (χ1) is 6.79.